The topological polar surface area (TPSA) is 64.6 Å². The van der Waals surface area contributed by atoms with Crippen molar-refractivity contribution >= 4 is 29.3 Å². The van der Waals surface area contributed by atoms with Crippen LogP contribution in [0.5, 0.6) is 0 Å². The lowest BCUT2D eigenvalue weighted by Gasteiger charge is -2.12. The van der Waals surface area contributed by atoms with Crippen molar-refractivity contribution in [3.8, 4) is 0 Å². The number of hydrogen-bond acceptors (Lipinski definition) is 5. The van der Waals surface area contributed by atoms with Crippen molar-refractivity contribution in [3.05, 3.63) is 59.7 Å². The molecule has 0 aliphatic carbocycles. The Morgan fingerprint density at radius 3 is 2.70 bits per heavy atom. The van der Waals surface area contributed by atoms with Gasteiger partial charge in [0.05, 0.1) is 11.7 Å². The van der Waals surface area contributed by atoms with Gasteiger partial charge < -0.3 is 14.8 Å². The first-order valence-electron chi connectivity index (χ1n) is 8.99. The number of esters is 1. The highest BCUT2D eigenvalue weighted by atomic mass is 32.2. The molecule has 1 saturated heterocycles. The van der Waals surface area contributed by atoms with Gasteiger partial charge in [0.25, 0.3) is 5.91 Å². The van der Waals surface area contributed by atoms with Crippen molar-refractivity contribution in [1.29, 1.82) is 0 Å². The molecular weight excluding hydrogens is 362 g/mol. The molecule has 6 heteroatoms. The number of thioether (sulfide) groups is 1. The molecule has 1 N–H and O–H groups in total. The second kappa shape index (κ2) is 9.58. The zero-order valence-corrected chi connectivity index (χ0v) is 16.1. The van der Waals surface area contributed by atoms with E-state index in [1.54, 1.807) is 23.9 Å². The van der Waals surface area contributed by atoms with Crippen LogP contribution < -0.4 is 5.32 Å². The van der Waals surface area contributed by atoms with E-state index in [9.17, 15) is 9.59 Å². The molecule has 0 bridgehead atoms. The summed E-state index contributed by atoms with van der Waals surface area (Å²) in [4.78, 5) is 25.3. The Bertz CT molecular complexity index is 785. The maximum absolute atomic E-state index is 12.4. The standard InChI is InChI=1S/C21H23NO4S/c1-15-8-10-16(11-9-15)22-20(23)13-26-21(24)18-6-2-3-7-19(18)27-14-17-5-4-12-25-17/h2-3,6-11,17H,4-5,12-14H2,1H3,(H,22,23)/t17-/m0/s1. The fourth-order valence-electron chi connectivity index (χ4n) is 2.76. The van der Waals surface area contributed by atoms with E-state index in [2.05, 4.69) is 5.32 Å². The van der Waals surface area contributed by atoms with Crippen molar-refractivity contribution in [3.63, 3.8) is 0 Å². The largest absolute Gasteiger partial charge is 0.452 e. The van der Waals surface area contributed by atoms with E-state index >= 15 is 0 Å². The number of rotatable bonds is 7. The van der Waals surface area contributed by atoms with E-state index < -0.39 is 5.97 Å². The van der Waals surface area contributed by atoms with E-state index in [-0.39, 0.29) is 18.6 Å². The minimum absolute atomic E-state index is 0.236. The van der Waals surface area contributed by atoms with Gasteiger partial charge in [0.1, 0.15) is 0 Å². The van der Waals surface area contributed by atoms with Crippen LogP contribution in [0.2, 0.25) is 0 Å². The minimum atomic E-state index is -0.496. The molecule has 3 rings (SSSR count). The van der Waals surface area contributed by atoms with Crippen LogP contribution in [0.15, 0.2) is 53.4 Å². The minimum Gasteiger partial charge on any atom is -0.452 e. The van der Waals surface area contributed by atoms with E-state index in [1.807, 2.05) is 43.3 Å². The number of amides is 1. The third-order valence-electron chi connectivity index (χ3n) is 4.23. The number of benzene rings is 2. The van der Waals surface area contributed by atoms with Crippen LogP contribution in [0.3, 0.4) is 0 Å². The highest BCUT2D eigenvalue weighted by molar-refractivity contribution is 7.99. The molecule has 0 radical (unpaired) electrons. The number of aryl methyl sites for hydroxylation is 1. The lowest BCUT2D eigenvalue weighted by atomic mass is 10.2. The molecule has 5 nitrogen and oxygen atoms in total. The van der Waals surface area contributed by atoms with Crippen LogP contribution >= 0.6 is 11.8 Å². The molecule has 0 saturated carbocycles. The molecule has 1 amide bonds. The van der Waals surface area contributed by atoms with Gasteiger partial charge in [-0.3, -0.25) is 4.79 Å². The molecule has 1 aliphatic heterocycles. The van der Waals surface area contributed by atoms with Crippen LogP contribution in [0.1, 0.15) is 28.8 Å². The normalized spacial score (nSPS) is 16.1. The molecule has 142 valence electrons. The van der Waals surface area contributed by atoms with Crippen molar-refractivity contribution in [2.24, 2.45) is 0 Å². The zero-order valence-electron chi connectivity index (χ0n) is 15.3. The number of hydrogen-bond donors (Lipinski definition) is 1. The Hall–Kier alpha value is -2.31. The van der Waals surface area contributed by atoms with E-state index in [1.165, 1.54) is 0 Å². The fourth-order valence-corrected chi connectivity index (χ4v) is 3.87. The van der Waals surface area contributed by atoms with Crippen molar-refractivity contribution in [2.75, 3.05) is 24.3 Å². The summed E-state index contributed by atoms with van der Waals surface area (Å²) in [5.41, 5.74) is 2.26. The van der Waals surface area contributed by atoms with Crippen LogP contribution in [0, 0.1) is 6.92 Å². The number of anilines is 1. The van der Waals surface area contributed by atoms with Crippen molar-refractivity contribution in [2.45, 2.75) is 30.8 Å². The SMILES string of the molecule is Cc1ccc(NC(=O)COC(=O)c2ccccc2SC[C@@H]2CCCO2)cc1. The lowest BCUT2D eigenvalue weighted by Crippen LogP contribution is -2.21. The maximum Gasteiger partial charge on any atom is 0.339 e. The lowest BCUT2D eigenvalue weighted by molar-refractivity contribution is -0.119. The smallest absolute Gasteiger partial charge is 0.339 e. The first kappa shape index (κ1) is 19.5. The molecule has 1 atom stereocenters. The number of carbonyl (C=O) groups is 2. The summed E-state index contributed by atoms with van der Waals surface area (Å²) in [7, 11) is 0. The number of ether oxygens (including phenoxy) is 2. The van der Waals surface area contributed by atoms with Crippen LogP contribution in [-0.2, 0) is 14.3 Å². The summed E-state index contributed by atoms with van der Waals surface area (Å²) in [6.45, 7) is 2.46. The third kappa shape index (κ3) is 5.84. The van der Waals surface area contributed by atoms with Gasteiger partial charge in [-0.15, -0.1) is 11.8 Å². The van der Waals surface area contributed by atoms with Crippen LogP contribution in [0.4, 0.5) is 5.69 Å². The highest BCUT2D eigenvalue weighted by Gasteiger charge is 2.19. The van der Waals surface area contributed by atoms with E-state index in [4.69, 9.17) is 9.47 Å². The molecule has 1 aliphatic rings. The molecule has 0 spiro atoms. The van der Waals surface area contributed by atoms with Gasteiger partial charge in [-0.05, 0) is 44.0 Å². The summed E-state index contributed by atoms with van der Waals surface area (Å²) < 4.78 is 10.8. The summed E-state index contributed by atoms with van der Waals surface area (Å²) in [6, 6.07) is 14.7. The van der Waals surface area contributed by atoms with E-state index in [0.29, 0.717) is 11.3 Å². The monoisotopic (exact) mass is 385 g/mol. The molecule has 0 aromatic heterocycles. The molecule has 27 heavy (non-hydrogen) atoms. The second-order valence-electron chi connectivity index (χ2n) is 6.43. The molecule has 2 aromatic carbocycles. The van der Waals surface area contributed by atoms with Crippen molar-refractivity contribution in [1.82, 2.24) is 0 Å². The zero-order chi connectivity index (χ0) is 19.1. The maximum atomic E-state index is 12.4. The molecule has 1 fully saturated rings. The molecular formula is C21H23NO4S. The van der Waals surface area contributed by atoms with E-state index in [0.717, 1.165) is 35.7 Å². The van der Waals surface area contributed by atoms with Gasteiger partial charge in [-0.2, -0.15) is 0 Å². The highest BCUT2D eigenvalue weighted by Crippen LogP contribution is 2.27. The van der Waals surface area contributed by atoms with Crippen LogP contribution in [0.25, 0.3) is 0 Å². The van der Waals surface area contributed by atoms with Crippen molar-refractivity contribution < 1.29 is 19.1 Å². The summed E-state index contributed by atoms with van der Waals surface area (Å²) in [6.07, 6.45) is 2.38. The Morgan fingerprint density at radius 2 is 1.96 bits per heavy atom. The third-order valence-corrected chi connectivity index (χ3v) is 5.43. The Kier molecular flexibility index (Phi) is 6.90. The average molecular weight is 385 g/mol. The van der Waals surface area contributed by atoms with Gasteiger partial charge >= 0.3 is 5.97 Å². The van der Waals surface area contributed by atoms with Gasteiger partial charge in [0, 0.05) is 22.9 Å². The predicted octanol–water partition coefficient (Wildman–Crippen LogP) is 4.06. The quantitative estimate of drug-likeness (QED) is 0.575. The van der Waals surface area contributed by atoms with Gasteiger partial charge in [-0.25, -0.2) is 4.79 Å². The fraction of sp³-hybridized carbons (Fsp3) is 0.333. The average Bonchev–Trinajstić information content (AvgIpc) is 3.20. The number of carbonyl (C=O) groups excluding carboxylic acids is 2. The first-order chi connectivity index (χ1) is 13.1. The Labute approximate surface area is 163 Å². The predicted molar refractivity (Wildman–Crippen MR) is 106 cm³/mol. The summed E-state index contributed by atoms with van der Waals surface area (Å²) >= 11 is 1.58. The Morgan fingerprint density at radius 1 is 1.19 bits per heavy atom. The molecule has 2 aromatic rings. The summed E-state index contributed by atoms with van der Waals surface area (Å²) in [5.74, 6) is -0.0562. The number of nitrogens with one attached hydrogen (secondary N) is 1. The molecule has 0 unspecified atom stereocenters. The molecule has 1 heterocycles. The van der Waals surface area contributed by atoms with Gasteiger partial charge in [0.15, 0.2) is 6.61 Å². The summed E-state index contributed by atoms with van der Waals surface area (Å²) in [5, 5.41) is 2.71. The van der Waals surface area contributed by atoms with Crippen LogP contribution in [-0.4, -0.2) is 36.9 Å². The first-order valence-corrected chi connectivity index (χ1v) is 9.97. The Balaban J connectivity index is 1.52. The van der Waals surface area contributed by atoms with Gasteiger partial charge in [0.2, 0.25) is 0 Å². The second-order valence-corrected chi connectivity index (χ2v) is 7.49. The van der Waals surface area contributed by atoms with Gasteiger partial charge in [-0.1, -0.05) is 29.8 Å².